The van der Waals surface area contributed by atoms with Gasteiger partial charge >= 0.3 is 0 Å². The number of hydrogen-bond donors (Lipinski definition) is 0. The minimum atomic E-state index is 0.954. The summed E-state index contributed by atoms with van der Waals surface area (Å²) in [5.41, 5.74) is 0. The molecule has 0 aromatic rings. The van der Waals surface area contributed by atoms with Gasteiger partial charge in [0.25, 0.3) is 0 Å². The predicted molar refractivity (Wildman–Crippen MR) is 82.6 cm³/mol. The third-order valence-electron chi connectivity index (χ3n) is 3.72. The van der Waals surface area contributed by atoms with E-state index in [1.165, 1.54) is 57.8 Å². The largest absolute Gasteiger partial charge is 0.0654 e. The molecule has 0 amide bonds. The van der Waals surface area contributed by atoms with E-state index in [9.17, 15) is 0 Å². The topological polar surface area (TPSA) is 0 Å². The van der Waals surface area contributed by atoms with Crippen molar-refractivity contribution in [2.24, 2.45) is 11.8 Å². The molecule has 0 spiro atoms. The molecule has 0 rings (SSSR count). The predicted octanol–water partition coefficient (Wildman–Crippen LogP) is 6.84. The van der Waals surface area contributed by atoms with Crippen LogP contribution >= 0.6 is 0 Å². The van der Waals surface area contributed by atoms with E-state index in [1.807, 2.05) is 0 Å². The van der Waals surface area contributed by atoms with Crippen LogP contribution in [0, 0.1) is 11.8 Å². The van der Waals surface area contributed by atoms with Crippen molar-refractivity contribution < 1.29 is 0 Å². The normalized spacial score (nSPS) is 12.2. The molecule has 17 heavy (non-hydrogen) atoms. The number of unbranched alkanes of at least 4 members (excludes halogenated alkanes) is 1. The Morgan fingerprint density at radius 3 is 1.47 bits per heavy atom. The molecule has 0 nitrogen and oxygen atoms in total. The van der Waals surface area contributed by atoms with Crippen molar-refractivity contribution in [1.29, 1.82) is 0 Å². The van der Waals surface area contributed by atoms with E-state index >= 15 is 0 Å². The van der Waals surface area contributed by atoms with Gasteiger partial charge in [-0.1, -0.05) is 99.3 Å². The van der Waals surface area contributed by atoms with Crippen LogP contribution in [-0.2, 0) is 0 Å². The molecular weight excluding hydrogens is 204 g/mol. The molecule has 106 valence electrons. The highest BCUT2D eigenvalue weighted by Crippen LogP contribution is 2.16. The summed E-state index contributed by atoms with van der Waals surface area (Å²) in [6.45, 7) is 13.7. The zero-order valence-corrected chi connectivity index (χ0v) is 13.5. The molecule has 0 aliphatic rings. The standard InChI is InChI=1S/C9H20.C8H18/c1-4-7-9(6-3)8-5-2;1-4-6-7-8(3)5-2/h9H,4-8H2,1-3H3;8H,4-7H2,1-3H3. The van der Waals surface area contributed by atoms with Gasteiger partial charge in [-0.05, 0) is 11.8 Å². The zero-order valence-electron chi connectivity index (χ0n) is 13.5. The maximum atomic E-state index is 2.33. The Morgan fingerprint density at radius 1 is 0.647 bits per heavy atom. The summed E-state index contributed by atoms with van der Waals surface area (Å²) in [4.78, 5) is 0. The van der Waals surface area contributed by atoms with Gasteiger partial charge in [-0.25, -0.2) is 0 Å². The third-order valence-corrected chi connectivity index (χ3v) is 3.72. The van der Waals surface area contributed by atoms with Crippen LogP contribution < -0.4 is 0 Å². The molecule has 0 bridgehead atoms. The van der Waals surface area contributed by atoms with E-state index in [0.717, 1.165) is 11.8 Å². The van der Waals surface area contributed by atoms with E-state index in [4.69, 9.17) is 0 Å². The van der Waals surface area contributed by atoms with Crippen molar-refractivity contribution in [2.45, 2.75) is 99.3 Å². The van der Waals surface area contributed by atoms with Crippen LogP contribution in [0.4, 0.5) is 0 Å². The molecule has 1 atom stereocenters. The molecule has 0 saturated carbocycles. The van der Waals surface area contributed by atoms with E-state index in [1.54, 1.807) is 0 Å². The highest BCUT2D eigenvalue weighted by molar-refractivity contribution is 4.54. The lowest BCUT2D eigenvalue weighted by Gasteiger charge is -2.10. The Labute approximate surface area is 112 Å². The first-order valence-corrected chi connectivity index (χ1v) is 8.15. The van der Waals surface area contributed by atoms with Crippen LogP contribution in [0.15, 0.2) is 0 Å². The molecule has 1 unspecified atom stereocenters. The molecule has 0 saturated heterocycles. The van der Waals surface area contributed by atoms with Gasteiger partial charge in [0, 0.05) is 0 Å². The molecule has 0 heteroatoms. The zero-order chi connectivity index (χ0) is 13.5. The quantitative estimate of drug-likeness (QED) is 0.415. The van der Waals surface area contributed by atoms with Gasteiger partial charge in [-0.15, -0.1) is 0 Å². The summed E-state index contributed by atoms with van der Waals surface area (Å²) in [5.74, 6) is 1.97. The molecule has 0 N–H and O–H groups in total. The first-order valence-electron chi connectivity index (χ1n) is 8.15. The maximum Gasteiger partial charge on any atom is -0.0417 e. The second kappa shape index (κ2) is 16.0. The molecule has 0 radical (unpaired) electrons. The van der Waals surface area contributed by atoms with Gasteiger partial charge in [-0.3, -0.25) is 0 Å². The Balaban J connectivity index is 0. The van der Waals surface area contributed by atoms with Crippen molar-refractivity contribution >= 4 is 0 Å². The number of rotatable bonds is 9. The van der Waals surface area contributed by atoms with Crippen molar-refractivity contribution in [3.8, 4) is 0 Å². The third kappa shape index (κ3) is 16.0. The van der Waals surface area contributed by atoms with E-state index in [0.29, 0.717) is 0 Å². The van der Waals surface area contributed by atoms with Gasteiger partial charge in [0.15, 0.2) is 0 Å². The molecule has 0 heterocycles. The van der Waals surface area contributed by atoms with Crippen molar-refractivity contribution in [2.75, 3.05) is 0 Å². The fourth-order valence-electron chi connectivity index (χ4n) is 2.13. The first kappa shape index (κ1) is 19.3. The van der Waals surface area contributed by atoms with Crippen molar-refractivity contribution in [3.05, 3.63) is 0 Å². The molecule has 0 fully saturated rings. The highest BCUT2D eigenvalue weighted by Gasteiger charge is 2.01. The minimum Gasteiger partial charge on any atom is -0.0654 e. The second-order valence-corrected chi connectivity index (χ2v) is 5.51. The van der Waals surface area contributed by atoms with E-state index in [2.05, 4.69) is 41.5 Å². The molecule has 0 aromatic heterocycles. The summed E-state index contributed by atoms with van der Waals surface area (Å²) in [5, 5.41) is 0. The first-order chi connectivity index (χ1) is 8.15. The van der Waals surface area contributed by atoms with Crippen LogP contribution in [-0.4, -0.2) is 0 Å². The summed E-state index contributed by atoms with van der Waals surface area (Å²) < 4.78 is 0. The maximum absolute atomic E-state index is 2.33. The van der Waals surface area contributed by atoms with Crippen molar-refractivity contribution in [1.82, 2.24) is 0 Å². The van der Waals surface area contributed by atoms with Crippen LogP contribution in [0.25, 0.3) is 0 Å². The van der Waals surface area contributed by atoms with Crippen molar-refractivity contribution in [3.63, 3.8) is 0 Å². The van der Waals surface area contributed by atoms with Crippen LogP contribution in [0.3, 0.4) is 0 Å². The van der Waals surface area contributed by atoms with Gasteiger partial charge < -0.3 is 0 Å². The summed E-state index contributed by atoms with van der Waals surface area (Å²) in [6.07, 6.45) is 12.5. The fraction of sp³-hybridized carbons (Fsp3) is 1.00. The minimum absolute atomic E-state index is 0.954. The lowest BCUT2D eigenvalue weighted by molar-refractivity contribution is 0.427. The average molecular weight is 242 g/mol. The van der Waals surface area contributed by atoms with Gasteiger partial charge in [0.1, 0.15) is 0 Å². The van der Waals surface area contributed by atoms with E-state index in [-0.39, 0.29) is 0 Å². The average Bonchev–Trinajstić information content (AvgIpc) is 2.36. The lowest BCUT2D eigenvalue weighted by Crippen LogP contribution is -1.96. The highest BCUT2D eigenvalue weighted by atomic mass is 14.1. The van der Waals surface area contributed by atoms with Crippen LogP contribution in [0.1, 0.15) is 99.3 Å². The fourth-order valence-corrected chi connectivity index (χ4v) is 2.13. The monoisotopic (exact) mass is 242 g/mol. The lowest BCUT2D eigenvalue weighted by atomic mass is 9.96. The van der Waals surface area contributed by atoms with Crippen LogP contribution in [0.2, 0.25) is 0 Å². The SMILES string of the molecule is CCCC(CC)CCC.CCCCC(C)CC. The Kier molecular flexibility index (Phi) is 18.2. The van der Waals surface area contributed by atoms with Gasteiger partial charge in [0.2, 0.25) is 0 Å². The molecule has 0 aliphatic carbocycles. The van der Waals surface area contributed by atoms with Crippen LogP contribution in [0.5, 0.6) is 0 Å². The Bertz CT molecular complexity index is 111. The summed E-state index contributed by atoms with van der Waals surface area (Å²) in [6, 6.07) is 0. The molecule has 0 aliphatic heterocycles. The smallest absolute Gasteiger partial charge is 0.0417 e. The number of hydrogen-bond acceptors (Lipinski definition) is 0. The Morgan fingerprint density at radius 2 is 1.18 bits per heavy atom. The summed E-state index contributed by atoms with van der Waals surface area (Å²) in [7, 11) is 0. The molecule has 0 aromatic carbocycles. The van der Waals surface area contributed by atoms with Gasteiger partial charge in [-0.2, -0.15) is 0 Å². The van der Waals surface area contributed by atoms with Gasteiger partial charge in [0.05, 0.1) is 0 Å². The molecular formula is C17H38. The second-order valence-electron chi connectivity index (χ2n) is 5.51. The Hall–Kier alpha value is 0. The summed E-state index contributed by atoms with van der Waals surface area (Å²) >= 11 is 0. The van der Waals surface area contributed by atoms with E-state index < -0.39 is 0 Å².